The number of nitrogens with zero attached hydrogens (tertiary/aromatic N) is 2. The molecule has 0 aliphatic heterocycles. The van der Waals surface area contributed by atoms with E-state index < -0.39 is 4.92 Å². The number of nitrogens with one attached hydrogen (secondary N) is 1. The monoisotopic (exact) mass is 330 g/mol. The minimum absolute atomic E-state index is 0.0231. The van der Waals surface area contributed by atoms with Crippen molar-refractivity contribution in [2.45, 2.75) is 31.5 Å². The average Bonchev–Trinajstić information content (AvgIpc) is 2.36. The van der Waals surface area contributed by atoms with Gasteiger partial charge in [0.05, 0.1) is 17.1 Å². The molecule has 0 amide bonds. The lowest BCUT2D eigenvalue weighted by Gasteiger charge is -2.42. The third kappa shape index (κ3) is 3.02. The number of halogens is 1. The van der Waals surface area contributed by atoms with Crippen molar-refractivity contribution in [3.63, 3.8) is 0 Å². The number of hydrogen-bond donors (Lipinski definition) is 2. The highest BCUT2D eigenvalue weighted by Gasteiger charge is 2.40. The zero-order chi connectivity index (χ0) is 14.0. The van der Waals surface area contributed by atoms with E-state index in [9.17, 15) is 10.1 Å². The van der Waals surface area contributed by atoms with Gasteiger partial charge in [-0.2, -0.15) is 0 Å². The number of aromatic nitrogens is 1. The van der Waals surface area contributed by atoms with Crippen LogP contribution in [-0.2, 0) is 4.74 Å². The Morgan fingerprint density at radius 3 is 3.05 bits per heavy atom. The Kier molecular flexibility index (Phi) is 4.33. The van der Waals surface area contributed by atoms with E-state index in [1.54, 1.807) is 0 Å². The van der Waals surface area contributed by atoms with Crippen molar-refractivity contribution in [1.82, 2.24) is 4.98 Å². The van der Waals surface area contributed by atoms with Gasteiger partial charge in [0.25, 0.3) is 0 Å². The number of rotatable bonds is 5. The predicted octanol–water partition coefficient (Wildman–Crippen LogP) is 1.67. The molecule has 1 fully saturated rings. The lowest BCUT2D eigenvalue weighted by atomic mass is 9.83. The maximum atomic E-state index is 11.0. The van der Waals surface area contributed by atoms with Gasteiger partial charge in [0.1, 0.15) is 0 Å². The maximum Gasteiger partial charge on any atom is 0.312 e. The highest BCUT2D eigenvalue weighted by molar-refractivity contribution is 9.10. The van der Waals surface area contributed by atoms with Gasteiger partial charge >= 0.3 is 5.69 Å². The van der Waals surface area contributed by atoms with E-state index in [2.05, 4.69) is 26.2 Å². The summed E-state index contributed by atoms with van der Waals surface area (Å²) in [6.07, 6.45) is 2.23. The van der Waals surface area contributed by atoms with Crippen molar-refractivity contribution in [3.8, 4) is 0 Å². The first-order valence-corrected chi connectivity index (χ1v) is 6.76. The molecule has 3 N–H and O–H groups in total. The number of hydrogen-bond acceptors (Lipinski definition) is 6. The minimum atomic E-state index is -0.472. The van der Waals surface area contributed by atoms with E-state index in [-0.39, 0.29) is 29.7 Å². The largest absolute Gasteiger partial charge is 0.376 e. The fourth-order valence-corrected chi connectivity index (χ4v) is 2.38. The molecule has 1 saturated carbocycles. The van der Waals surface area contributed by atoms with E-state index in [4.69, 9.17) is 10.5 Å². The molecule has 0 bridgehead atoms. The standard InChI is InChI=1S/C11H15BrN4O3/c1-2-19-9-4-7(13)10(9)15-11-8(16(17)18)3-6(12)5-14-11/h3,5,7,9-10H,2,4,13H2,1H3,(H,14,15). The molecule has 1 heterocycles. The number of nitrogens with two attached hydrogens (primary N) is 1. The van der Waals surface area contributed by atoms with Gasteiger partial charge in [-0.1, -0.05) is 0 Å². The van der Waals surface area contributed by atoms with Crippen LogP contribution >= 0.6 is 15.9 Å². The number of anilines is 1. The van der Waals surface area contributed by atoms with Gasteiger partial charge in [-0.3, -0.25) is 10.1 Å². The second-order valence-electron chi connectivity index (χ2n) is 4.34. The van der Waals surface area contributed by atoms with E-state index in [0.717, 1.165) is 6.42 Å². The SMILES string of the molecule is CCOC1CC(N)C1Nc1ncc(Br)cc1[N+](=O)[O-]. The maximum absolute atomic E-state index is 11.0. The summed E-state index contributed by atoms with van der Waals surface area (Å²) in [6, 6.07) is 1.18. The zero-order valence-corrected chi connectivity index (χ0v) is 12.0. The Morgan fingerprint density at radius 2 is 2.47 bits per heavy atom. The van der Waals surface area contributed by atoms with Crippen LogP contribution in [0.1, 0.15) is 13.3 Å². The van der Waals surface area contributed by atoms with Crippen LogP contribution in [0.25, 0.3) is 0 Å². The molecule has 1 aromatic heterocycles. The summed E-state index contributed by atoms with van der Waals surface area (Å²) >= 11 is 3.17. The molecule has 1 aromatic rings. The summed E-state index contributed by atoms with van der Waals surface area (Å²) in [7, 11) is 0. The van der Waals surface area contributed by atoms with Gasteiger partial charge in [-0.25, -0.2) is 4.98 Å². The molecule has 8 heteroatoms. The van der Waals surface area contributed by atoms with Crippen LogP contribution in [0, 0.1) is 10.1 Å². The first-order valence-electron chi connectivity index (χ1n) is 5.96. The molecule has 1 aliphatic rings. The first-order chi connectivity index (χ1) is 9.02. The molecule has 1 aliphatic carbocycles. The predicted molar refractivity (Wildman–Crippen MR) is 74.0 cm³/mol. The third-order valence-corrected chi connectivity index (χ3v) is 3.51. The van der Waals surface area contributed by atoms with E-state index in [0.29, 0.717) is 11.1 Å². The van der Waals surface area contributed by atoms with Crippen LogP contribution in [-0.4, -0.2) is 34.7 Å². The molecule has 0 aromatic carbocycles. The minimum Gasteiger partial charge on any atom is -0.376 e. The highest BCUT2D eigenvalue weighted by atomic mass is 79.9. The first kappa shape index (κ1) is 14.2. The van der Waals surface area contributed by atoms with Crippen molar-refractivity contribution in [2.75, 3.05) is 11.9 Å². The van der Waals surface area contributed by atoms with Crippen molar-refractivity contribution in [3.05, 3.63) is 26.9 Å². The lowest BCUT2D eigenvalue weighted by molar-refractivity contribution is -0.384. The summed E-state index contributed by atoms with van der Waals surface area (Å²) in [4.78, 5) is 14.6. The molecule has 0 radical (unpaired) electrons. The van der Waals surface area contributed by atoms with Crippen molar-refractivity contribution >= 4 is 27.4 Å². The van der Waals surface area contributed by atoms with Crippen molar-refractivity contribution in [1.29, 1.82) is 0 Å². The summed E-state index contributed by atoms with van der Waals surface area (Å²) in [5.41, 5.74) is 5.82. The summed E-state index contributed by atoms with van der Waals surface area (Å²) in [5.74, 6) is 0.220. The molecular weight excluding hydrogens is 316 g/mol. The average molecular weight is 331 g/mol. The summed E-state index contributed by atoms with van der Waals surface area (Å²) < 4.78 is 6.07. The normalized spacial score (nSPS) is 25.7. The second-order valence-corrected chi connectivity index (χ2v) is 5.26. The Bertz CT molecular complexity index is 483. The number of nitro groups is 1. The molecular formula is C11H15BrN4O3. The fourth-order valence-electron chi connectivity index (χ4n) is 2.06. The summed E-state index contributed by atoms with van der Waals surface area (Å²) in [5, 5.41) is 14.0. The van der Waals surface area contributed by atoms with Gasteiger partial charge in [-0.05, 0) is 29.3 Å². The number of pyridine rings is 1. The van der Waals surface area contributed by atoms with Crippen LogP contribution in [0.15, 0.2) is 16.7 Å². The van der Waals surface area contributed by atoms with Gasteiger partial charge in [0.2, 0.25) is 5.82 Å². The van der Waals surface area contributed by atoms with Crippen LogP contribution in [0.4, 0.5) is 11.5 Å². The van der Waals surface area contributed by atoms with Crippen LogP contribution in [0.5, 0.6) is 0 Å². The Morgan fingerprint density at radius 1 is 1.74 bits per heavy atom. The lowest BCUT2D eigenvalue weighted by Crippen LogP contribution is -2.60. The van der Waals surface area contributed by atoms with Crippen LogP contribution in [0.3, 0.4) is 0 Å². The van der Waals surface area contributed by atoms with Gasteiger partial charge in [-0.15, -0.1) is 0 Å². The molecule has 0 spiro atoms. The highest BCUT2D eigenvalue weighted by Crippen LogP contribution is 2.30. The molecule has 19 heavy (non-hydrogen) atoms. The second kappa shape index (κ2) is 5.81. The van der Waals surface area contributed by atoms with Gasteiger partial charge < -0.3 is 15.8 Å². The van der Waals surface area contributed by atoms with Crippen LogP contribution < -0.4 is 11.1 Å². The van der Waals surface area contributed by atoms with Gasteiger partial charge in [0, 0.05) is 29.4 Å². The van der Waals surface area contributed by atoms with Crippen molar-refractivity contribution in [2.24, 2.45) is 5.73 Å². The van der Waals surface area contributed by atoms with Crippen LogP contribution in [0.2, 0.25) is 0 Å². The van der Waals surface area contributed by atoms with E-state index >= 15 is 0 Å². The fraction of sp³-hybridized carbons (Fsp3) is 0.545. The quantitative estimate of drug-likeness (QED) is 0.628. The third-order valence-electron chi connectivity index (χ3n) is 3.08. The van der Waals surface area contributed by atoms with Gasteiger partial charge in [0.15, 0.2) is 0 Å². The smallest absolute Gasteiger partial charge is 0.312 e. The Hall–Kier alpha value is -1.25. The molecule has 0 saturated heterocycles. The molecule has 3 unspecified atom stereocenters. The molecule has 104 valence electrons. The number of ether oxygens (including phenoxy) is 1. The Balaban J connectivity index is 2.16. The molecule has 2 rings (SSSR count). The topological polar surface area (TPSA) is 103 Å². The zero-order valence-electron chi connectivity index (χ0n) is 10.4. The van der Waals surface area contributed by atoms with E-state index in [1.807, 2.05) is 6.92 Å². The van der Waals surface area contributed by atoms with E-state index in [1.165, 1.54) is 12.3 Å². The molecule has 7 nitrogen and oxygen atoms in total. The van der Waals surface area contributed by atoms with Crippen molar-refractivity contribution < 1.29 is 9.66 Å². The summed E-state index contributed by atoms with van der Waals surface area (Å²) in [6.45, 7) is 2.49. The molecule has 3 atom stereocenters. The Labute approximate surface area is 118 Å².